The van der Waals surface area contributed by atoms with Gasteiger partial charge in [0.05, 0.1) is 31.9 Å². The SMILES string of the molecule is CC(C)n1c(C[NH+]2CCN(c3ccccc3F)CC2)nc2c1c(=O)n(C)c(=O)n2C. The molecule has 1 aliphatic rings. The highest BCUT2D eigenvalue weighted by atomic mass is 19.1. The Morgan fingerprint density at radius 3 is 2.40 bits per heavy atom. The van der Waals surface area contributed by atoms with Gasteiger partial charge in [-0.2, -0.15) is 0 Å². The van der Waals surface area contributed by atoms with Crippen LogP contribution in [0.1, 0.15) is 25.7 Å². The number of benzene rings is 1. The van der Waals surface area contributed by atoms with Crippen molar-refractivity contribution >= 4 is 16.9 Å². The zero-order valence-electron chi connectivity index (χ0n) is 17.9. The number of anilines is 1. The van der Waals surface area contributed by atoms with Crippen molar-refractivity contribution in [3.05, 3.63) is 56.7 Å². The Labute approximate surface area is 173 Å². The molecule has 2 aromatic heterocycles. The maximum absolute atomic E-state index is 14.1. The van der Waals surface area contributed by atoms with Crippen molar-refractivity contribution in [2.75, 3.05) is 31.1 Å². The van der Waals surface area contributed by atoms with E-state index in [0.29, 0.717) is 23.4 Å². The Morgan fingerprint density at radius 2 is 1.77 bits per heavy atom. The number of nitrogens with one attached hydrogen (secondary N) is 1. The van der Waals surface area contributed by atoms with Gasteiger partial charge in [0.1, 0.15) is 12.4 Å². The fourth-order valence-corrected chi connectivity index (χ4v) is 4.31. The predicted molar refractivity (Wildman–Crippen MR) is 114 cm³/mol. The maximum atomic E-state index is 14.1. The standard InChI is InChI=1S/C21H27FN6O2/c1-14(2)28-17(23-19-18(28)20(29)25(4)21(30)24(19)3)13-26-9-11-27(12-10-26)16-8-6-5-7-15(16)22/h5-8,14H,9-13H2,1-4H3/p+1. The summed E-state index contributed by atoms with van der Waals surface area (Å²) in [5, 5.41) is 0. The third kappa shape index (κ3) is 3.32. The van der Waals surface area contributed by atoms with Gasteiger partial charge in [-0.15, -0.1) is 0 Å². The molecule has 3 aromatic rings. The van der Waals surface area contributed by atoms with Crippen LogP contribution < -0.4 is 21.0 Å². The molecular weight excluding hydrogens is 387 g/mol. The number of hydrogen-bond donors (Lipinski definition) is 1. The van der Waals surface area contributed by atoms with E-state index >= 15 is 0 Å². The van der Waals surface area contributed by atoms with Crippen LogP contribution in [0.5, 0.6) is 0 Å². The van der Waals surface area contributed by atoms with Gasteiger partial charge in [0.15, 0.2) is 17.0 Å². The smallest absolute Gasteiger partial charge is 0.332 e. The lowest BCUT2D eigenvalue weighted by Gasteiger charge is -2.33. The highest BCUT2D eigenvalue weighted by Gasteiger charge is 2.26. The normalized spacial score (nSPS) is 15.5. The van der Waals surface area contributed by atoms with Gasteiger partial charge in [-0.3, -0.25) is 13.9 Å². The third-order valence-electron chi connectivity index (χ3n) is 5.95. The Kier molecular flexibility index (Phi) is 5.23. The van der Waals surface area contributed by atoms with Crippen LogP contribution in [0.3, 0.4) is 0 Å². The Morgan fingerprint density at radius 1 is 1.10 bits per heavy atom. The number of aromatic nitrogens is 4. The van der Waals surface area contributed by atoms with Crippen LogP contribution in [0.15, 0.2) is 33.9 Å². The van der Waals surface area contributed by atoms with E-state index in [1.165, 1.54) is 22.6 Å². The largest absolute Gasteiger partial charge is 0.358 e. The summed E-state index contributed by atoms with van der Waals surface area (Å²) in [4.78, 5) is 33.2. The fraction of sp³-hybridized carbons (Fsp3) is 0.476. The molecule has 1 N–H and O–H groups in total. The van der Waals surface area contributed by atoms with Crippen molar-refractivity contribution in [1.29, 1.82) is 0 Å². The lowest BCUT2D eigenvalue weighted by Crippen LogP contribution is -3.13. The zero-order chi connectivity index (χ0) is 21.6. The van der Waals surface area contributed by atoms with Crippen LogP contribution >= 0.6 is 0 Å². The molecule has 8 nitrogen and oxygen atoms in total. The number of para-hydroxylation sites is 1. The molecule has 1 aliphatic heterocycles. The molecule has 1 saturated heterocycles. The molecule has 30 heavy (non-hydrogen) atoms. The van der Waals surface area contributed by atoms with Crippen molar-refractivity contribution in [2.45, 2.75) is 26.4 Å². The lowest BCUT2D eigenvalue weighted by molar-refractivity contribution is -0.915. The van der Waals surface area contributed by atoms with Gasteiger partial charge in [0, 0.05) is 20.1 Å². The molecule has 9 heteroatoms. The van der Waals surface area contributed by atoms with E-state index in [-0.39, 0.29) is 23.1 Å². The maximum Gasteiger partial charge on any atom is 0.332 e. The summed E-state index contributed by atoms with van der Waals surface area (Å²) in [6.45, 7) is 7.85. The minimum atomic E-state index is -0.377. The van der Waals surface area contributed by atoms with Gasteiger partial charge in [0.25, 0.3) is 5.56 Å². The monoisotopic (exact) mass is 415 g/mol. The third-order valence-corrected chi connectivity index (χ3v) is 5.95. The lowest BCUT2D eigenvalue weighted by atomic mass is 10.2. The number of piperazine rings is 1. The molecule has 0 amide bonds. The summed E-state index contributed by atoms with van der Waals surface area (Å²) in [6, 6.07) is 6.90. The quantitative estimate of drug-likeness (QED) is 0.654. The van der Waals surface area contributed by atoms with E-state index < -0.39 is 0 Å². The highest BCUT2D eigenvalue weighted by molar-refractivity contribution is 5.71. The van der Waals surface area contributed by atoms with Gasteiger partial charge in [0.2, 0.25) is 0 Å². The van der Waals surface area contributed by atoms with E-state index in [4.69, 9.17) is 4.98 Å². The molecule has 160 valence electrons. The van der Waals surface area contributed by atoms with E-state index in [2.05, 4.69) is 4.90 Å². The first-order valence-electron chi connectivity index (χ1n) is 10.3. The number of quaternary nitrogens is 1. The summed E-state index contributed by atoms with van der Waals surface area (Å²) in [5.41, 5.74) is 0.841. The Hall–Kier alpha value is -2.94. The zero-order valence-corrected chi connectivity index (χ0v) is 17.9. The average molecular weight is 415 g/mol. The molecule has 3 heterocycles. The minimum absolute atomic E-state index is 0.0364. The average Bonchev–Trinajstić information content (AvgIpc) is 3.11. The molecule has 0 unspecified atom stereocenters. The first-order chi connectivity index (χ1) is 14.3. The number of aryl methyl sites for hydroxylation is 1. The Balaban J connectivity index is 1.62. The van der Waals surface area contributed by atoms with Gasteiger partial charge in [-0.1, -0.05) is 12.1 Å². The van der Waals surface area contributed by atoms with E-state index in [1.54, 1.807) is 13.1 Å². The van der Waals surface area contributed by atoms with E-state index in [0.717, 1.165) is 36.6 Å². The number of hydrogen-bond acceptors (Lipinski definition) is 4. The van der Waals surface area contributed by atoms with Gasteiger partial charge < -0.3 is 14.4 Å². The molecular formula is C21H28FN6O2+. The number of imidazole rings is 1. The highest BCUT2D eigenvalue weighted by Crippen LogP contribution is 2.19. The molecule has 1 fully saturated rings. The summed E-state index contributed by atoms with van der Waals surface area (Å²) in [7, 11) is 3.14. The molecule has 1 aromatic carbocycles. The predicted octanol–water partition coefficient (Wildman–Crippen LogP) is 0.0588. The second-order valence-electron chi connectivity index (χ2n) is 8.23. The molecule has 0 bridgehead atoms. The second kappa shape index (κ2) is 7.71. The molecule has 0 spiro atoms. The second-order valence-corrected chi connectivity index (χ2v) is 8.23. The van der Waals surface area contributed by atoms with Gasteiger partial charge in [-0.05, 0) is 26.0 Å². The van der Waals surface area contributed by atoms with E-state index in [1.807, 2.05) is 30.5 Å². The van der Waals surface area contributed by atoms with Crippen molar-refractivity contribution in [3.8, 4) is 0 Å². The minimum Gasteiger partial charge on any atom is -0.358 e. The summed E-state index contributed by atoms with van der Waals surface area (Å²) in [6.07, 6.45) is 0. The first kappa shape index (κ1) is 20.3. The van der Waals surface area contributed by atoms with Crippen molar-refractivity contribution in [2.24, 2.45) is 14.1 Å². The van der Waals surface area contributed by atoms with Crippen LogP contribution in [0.2, 0.25) is 0 Å². The van der Waals surface area contributed by atoms with Crippen LogP contribution in [0.25, 0.3) is 11.2 Å². The van der Waals surface area contributed by atoms with Gasteiger partial charge >= 0.3 is 5.69 Å². The van der Waals surface area contributed by atoms with E-state index in [9.17, 15) is 14.0 Å². The van der Waals surface area contributed by atoms with Crippen molar-refractivity contribution < 1.29 is 9.29 Å². The first-order valence-corrected chi connectivity index (χ1v) is 10.3. The number of halogens is 1. The number of nitrogens with zero attached hydrogens (tertiary/aromatic N) is 5. The van der Waals surface area contributed by atoms with Crippen LogP contribution in [0, 0.1) is 5.82 Å². The summed E-state index contributed by atoms with van der Waals surface area (Å²) in [5.74, 6) is 0.604. The Bertz CT molecular complexity index is 1200. The summed E-state index contributed by atoms with van der Waals surface area (Å²) < 4.78 is 18.6. The summed E-state index contributed by atoms with van der Waals surface area (Å²) >= 11 is 0. The topological polar surface area (TPSA) is 69.5 Å². The van der Waals surface area contributed by atoms with Crippen molar-refractivity contribution in [3.63, 3.8) is 0 Å². The van der Waals surface area contributed by atoms with Crippen LogP contribution in [-0.4, -0.2) is 44.9 Å². The molecule has 0 atom stereocenters. The fourth-order valence-electron chi connectivity index (χ4n) is 4.31. The molecule has 0 saturated carbocycles. The van der Waals surface area contributed by atoms with Crippen molar-refractivity contribution in [1.82, 2.24) is 18.7 Å². The number of rotatable bonds is 4. The van der Waals surface area contributed by atoms with Crippen LogP contribution in [-0.2, 0) is 20.6 Å². The molecule has 0 radical (unpaired) electrons. The molecule has 0 aliphatic carbocycles. The van der Waals surface area contributed by atoms with Gasteiger partial charge in [-0.25, -0.2) is 14.2 Å². The number of fused-ring (bicyclic) bond motifs is 1. The van der Waals surface area contributed by atoms with Crippen LogP contribution in [0.4, 0.5) is 10.1 Å². The molecule has 4 rings (SSSR count).